The van der Waals surface area contributed by atoms with Crippen molar-refractivity contribution < 1.29 is 0 Å². The number of nitrogens with zero attached hydrogens (tertiary/aromatic N) is 4. The summed E-state index contributed by atoms with van der Waals surface area (Å²) in [5.41, 5.74) is 1.10. The van der Waals surface area contributed by atoms with E-state index in [-0.39, 0.29) is 11.5 Å². The molecule has 0 aliphatic carbocycles. The number of aromatic nitrogens is 4. The van der Waals surface area contributed by atoms with Crippen LogP contribution in [0, 0.1) is 5.41 Å². The molecule has 5 nitrogen and oxygen atoms in total. The maximum Gasteiger partial charge on any atom is 0.255 e. The lowest BCUT2D eigenvalue weighted by atomic mass is 9.88. The first-order valence-corrected chi connectivity index (χ1v) is 6.87. The molecule has 1 N–H and O–H groups in total. The summed E-state index contributed by atoms with van der Waals surface area (Å²) in [4.78, 5) is 8.35. The van der Waals surface area contributed by atoms with Crippen molar-refractivity contribution in [2.24, 2.45) is 5.41 Å². The van der Waals surface area contributed by atoms with Gasteiger partial charge in [0, 0.05) is 11.6 Å². The second-order valence-electron chi connectivity index (χ2n) is 5.79. The van der Waals surface area contributed by atoms with Crippen LogP contribution in [0.25, 0.3) is 5.78 Å². The van der Waals surface area contributed by atoms with Gasteiger partial charge in [0.1, 0.15) is 17.3 Å². The van der Waals surface area contributed by atoms with Crippen LogP contribution in [0.1, 0.15) is 40.2 Å². The average Bonchev–Trinajstić information content (AvgIpc) is 2.75. The summed E-state index contributed by atoms with van der Waals surface area (Å²) in [6.45, 7) is 10.8. The summed E-state index contributed by atoms with van der Waals surface area (Å²) in [5, 5.41) is 8.22. The highest BCUT2D eigenvalue weighted by atomic mass is 35.5. The molecule has 0 fully saturated rings. The standard InChI is InChI=1S/C13H20ClN5/c1-6-9-10(14)18-12-15-7-16-19(12)11(9)17-8(2)13(3,4)5/h7-8,17H,6H2,1-5H3/t8-/m1/s1. The Hall–Kier alpha value is -1.36. The lowest BCUT2D eigenvalue weighted by Gasteiger charge is -2.29. The Morgan fingerprint density at radius 3 is 2.68 bits per heavy atom. The molecule has 0 saturated carbocycles. The summed E-state index contributed by atoms with van der Waals surface area (Å²) in [5.74, 6) is 1.41. The van der Waals surface area contributed by atoms with Crippen molar-refractivity contribution >= 4 is 23.2 Å². The third-order valence-electron chi connectivity index (χ3n) is 3.48. The molecule has 0 aliphatic heterocycles. The molecule has 0 aromatic carbocycles. The Labute approximate surface area is 118 Å². The third-order valence-corrected chi connectivity index (χ3v) is 3.79. The summed E-state index contributed by atoms with van der Waals surface area (Å²) >= 11 is 6.23. The van der Waals surface area contributed by atoms with Crippen LogP contribution >= 0.6 is 11.6 Å². The number of halogens is 1. The predicted octanol–water partition coefficient (Wildman–Crippen LogP) is 3.19. The monoisotopic (exact) mass is 281 g/mol. The first kappa shape index (κ1) is 14.1. The molecule has 0 bridgehead atoms. The number of hydrogen-bond acceptors (Lipinski definition) is 4. The minimum absolute atomic E-state index is 0.133. The first-order chi connectivity index (χ1) is 8.84. The molecule has 0 spiro atoms. The average molecular weight is 282 g/mol. The van der Waals surface area contributed by atoms with E-state index in [1.165, 1.54) is 6.33 Å². The Bertz CT molecular complexity index is 584. The van der Waals surface area contributed by atoms with Crippen molar-refractivity contribution in [3.63, 3.8) is 0 Å². The predicted molar refractivity (Wildman–Crippen MR) is 77.7 cm³/mol. The number of nitrogens with one attached hydrogen (secondary N) is 1. The SMILES string of the molecule is CCc1c(Cl)nc2ncnn2c1N[C@H](C)C(C)(C)C. The molecule has 6 heteroatoms. The summed E-state index contributed by atoms with van der Waals surface area (Å²) in [7, 11) is 0. The molecular formula is C13H20ClN5. The Morgan fingerprint density at radius 2 is 2.11 bits per heavy atom. The van der Waals surface area contributed by atoms with Gasteiger partial charge in [-0.1, -0.05) is 39.3 Å². The molecule has 104 valence electrons. The zero-order chi connectivity index (χ0) is 14.2. The van der Waals surface area contributed by atoms with Crippen molar-refractivity contribution in [2.75, 3.05) is 5.32 Å². The van der Waals surface area contributed by atoms with Crippen LogP contribution in [0.5, 0.6) is 0 Å². The van der Waals surface area contributed by atoms with Gasteiger partial charge in [-0.25, -0.2) is 0 Å². The van der Waals surface area contributed by atoms with Crippen LogP contribution in [0.2, 0.25) is 5.15 Å². The molecule has 19 heavy (non-hydrogen) atoms. The summed E-state index contributed by atoms with van der Waals surface area (Å²) in [6.07, 6.45) is 2.28. The lowest BCUT2D eigenvalue weighted by molar-refractivity contribution is 0.358. The maximum atomic E-state index is 6.23. The number of fused-ring (bicyclic) bond motifs is 1. The van der Waals surface area contributed by atoms with Crippen LogP contribution < -0.4 is 5.32 Å². The van der Waals surface area contributed by atoms with E-state index in [0.29, 0.717) is 10.9 Å². The smallest absolute Gasteiger partial charge is 0.255 e. The fourth-order valence-corrected chi connectivity index (χ4v) is 2.03. The normalized spacial score (nSPS) is 13.8. The Balaban J connectivity index is 2.53. The Kier molecular flexibility index (Phi) is 3.67. The first-order valence-electron chi connectivity index (χ1n) is 6.49. The van der Waals surface area contributed by atoms with E-state index in [9.17, 15) is 0 Å². The van der Waals surface area contributed by atoms with Crippen molar-refractivity contribution in [1.82, 2.24) is 19.6 Å². The van der Waals surface area contributed by atoms with Crippen molar-refractivity contribution in [2.45, 2.75) is 47.1 Å². The van der Waals surface area contributed by atoms with E-state index in [1.807, 2.05) is 0 Å². The minimum atomic E-state index is 0.133. The number of anilines is 1. The number of hydrogen-bond donors (Lipinski definition) is 1. The van der Waals surface area contributed by atoms with E-state index in [0.717, 1.165) is 17.8 Å². The van der Waals surface area contributed by atoms with Gasteiger partial charge in [-0.05, 0) is 18.8 Å². The second-order valence-corrected chi connectivity index (χ2v) is 6.15. The van der Waals surface area contributed by atoms with Crippen LogP contribution in [0.3, 0.4) is 0 Å². The number of rotatable bonds is 3. The molecule has 2 aromatic heterocycles. The van der Waals surface area contributed by atoms with Crippen LogP contribution in [0.4, 0.5) is 5.82 Å². The topological polar surface area (TPSA) is 55.1 Å². The highest BCUT2D eigenvalue weighted by Gasteiger charge is 2.23. The zero-order valence-corrected chi connectivity index (χ0v) is 12.8. The van der Waals surface area contributed by atoms with Crippen molar-refractivity contribution in [1.29, 1.82) is 0 Å². The fraction of sp³-hybridized carbons (Fsp3) is 0.615. The molecule has 2 rings (SSSR count). The highest BCUT2D eigenvalue weighted by Crippen LogP contribution is 2.28. The summed E-state index contributed by atoms with van der Waals surface area (Å²) in [6, 6.07) is 0.267. The van der Waals surface area contributed by atoms with Gasteiger partial charge >= 0.3 is 0 Å². The molecule has 2 heterocycles. The second kappa shape index (κ2) is 4.96. The van der Waals surface area contributed by atoms with Gasteiger partial charge in [0.2, 0.25) is 0 Å². The van der Waals surface area contributed by atoms with Gasteiger partial charge in [0.25, 0.3) is 5.78 Å². The highest BCUT2D eigenvalue weighted by molar-refractivity contribution is 6.30. The Morgan fingerprint density at radius 1 is 1.42 bits per heavy atom. The summed E-state index contributed by atoms with van der Waals surface area (Å²) < 4.78 is 1.72. The quantitative estimate of drug-likeness (QED) is 0.878. The van der Waals surface area contributed by atoms with E-state index in [4.69, 9.17) is 11.6 Å². The fourth-order valence-electron chi connectivity index (χ4n) is 1.73. The maximum absolute atomic E-state index is 6.23. The van der Waals surface area contributed by atoms with Gasteiger partial charge in [0.05, 0.1) is 0 Å². The largest absolute Gasteiger partial charge is 0.367 e. The molecular weight excluding hydrogens is 262 g/mol. The van der Waals surface area contributed by atoms with Gasteiger partial charge in [-0.2, -0.15) is 19.6 Å². The lowest BCUT2D eigenvalue weighted by Crippen LogP contribution is -2.32. The molecule has 0 radical (unpaired) electrons. The molecule has 0 unspecified atom stereocenters. The van der Waals surface area contributed by atoms with E-state index in [1.54, 1.807) is 4.52 Å². The van der Waals surface area contributed by atoms with E-state index < -0.39 is 0 Å². The van der Waals surface area contributed by atoms with E-state index in [2.05, 4.69) is 55.0 Å². The molecule has 0 aliphatic rings. The molecule has 1 atom stereocenters. The third kappa shape index (κ3) is 2.66. The molecule has 0 amide bonds. The van der Waals surface area contributed by atoms with Crippen molar-refractivity contribution in [3.05, 3.63) is 17.0 Å². The van der Waals surface area contributed by atoms with Crippen LogP contribution in [0.15, 0.2) is 6.33 Å². The minimum Gasteiger partial charge on any atom is -0.367 e. The van der Waals surface area contributed by atoms with Gasteiger partial charge in [-0.3, -0.25) is 0 Å². The van der Waals surface area contributed by atoms with Gasteiger partial charge < -0.3 is 5.32 Å². The molecule has 2 aromatic rings. The van der Waals surface area contributed by atoms with Crippen LogP contribution in [-0.4, -0.2) is 25.6 Å². The van der Waals surface area contributed by atoms with Crippen molar-refractivity contribution in [3.8, 4) is 0 Å². The van der Waals surface area contributed by atoms with Gasteiger partial charge in [-0.15, -0.1) is 0 Å². The molecule has 0 saturated heterocycles. The van der Waals surface area contributed by atoms with E-state index >= 15 is 0 Å². The van der Waals surface area contributed by atoms with Gasteiger partial charge in [0.15, 0.2) is 0 Å². The van der Waals surface area contributed by atoms with Crippen LogP contribution in [-0.2, 0) is 6.42 Å². The zero-order valence-electron chi connectivity index (χ0n) is 12.0.